The number of hydrogen-bond donors (Lipinski definition) is 1. The van der Waals surface area contributed by atoms with E-state index in [1.807, 2.05) is 6.07 Å². The number of ketones is 1. The van der Waals surface area contributed by atoms with Crippen LogP contribution in [0.4, 0.5) is 5.13 Å². The van der Waals surface area contributed by atoms with Crippen LogP contribution >= 0.6 is 46.3 Å². The molecule has 0 spiro atoms. The second-order valence-corrected chi connectivity index (χ2v) is 11.2. The largest absolute Gasteiger partial charge is 0.503 e. The van der Waals surface area contributed by atoms with E-state index in [1.54, 1.807) is 48.5 Å². The summed E-state index contributed by atoms with van der Waals surface area (Å²) in [6.45, 7) is 3.96. The number of Topliss-reactive ketones (excluding diaryl/α,β-unsaturated/α-hetero) is 1. The van der Waals surface area contributed by atoms with Gasteiger partial charge in [-0.3, -0.25) is 14.5 Å². The highest BCUT2D eigenvalue weighted by atomic mass is 35.5. The zero-order valence-electron chi connectivity index (χ0n) is 20.0. The number of carbonyl (C=O) groups is 2. The summed E-state index contributed by atoms with van der Waals surface area (Å²) < 4.78 is 11.4. The fourth-order valence-corrected chi connectivity index (χ4v) is 6.35. The van der Waals surface area contributed by atoms with Gasteiger partial charge in [0.15, 0.2) is 15.9 Å². The van der Waals surface area contributed by atoms with Crippen molar-refractivity contribution in [2.45, 2.75) is 16.1 Å². The lowest BCUT2D eigenvalue weighted by Gasteiger charge is -2.24. The smallest absolute Gasteiger partial charge is 0.296 e. The second kappa shape index (κ2) is 11.7. The number of thioether (sulfide) groups is 1. The fraction of sp³-hybridized carbons (Fsp3) is 0.111. The minimum absolute atomic E-state index is 0.00418. The normalized spacial score (nSPS) is 15.2. The average Bonchev–Trinajstić information content (AvgIpc) is 3.68. The van der Waals surface area contributed by atoms with Gasteiger partial charge >= 0.3 is 0 Å². The Hall–Kier alpha value is -3.57. The molecular formula is C27H19Cl2N3O5S2. The number of ether oxygens (including phenoxy) is 1. The summed E-state index contributed by atoms with van der Waals surface area (Å²) in [5.41, 5.74) is 1.31. The van der Waals surface area contributed by atoms with Crippen molar-refractivity contribution in [2.75, 3.05) is 11.5 Å². The van der Waals surface area contributed by atoms with Crippen molar-refractivity contribution in [3.63, 3.8) is 0 Å². The SMILES string of the molecule is C=CCOc1ccc(C2C(C(=O)c3ccco3)=C(O)C(=O)N2c2nnc(SCc3ccc(Cl)cc3Cl)s2)cc1. The highest BCUT2D eigenvalue weighted by molar-refractivity contribution is 8.00. The van der Waals surface area contributed by atoms with Gasteiger partial charge in [0.25, 0.3) is 5.91 Å². The number of halogens is 2. The molecule has 1 unspecified atom stereocenters. The van der Waals surface area contributed by atoms with Gasteiger partial charge in [-0.2, -0.15) is 0 Å². The topological polar surface area (TPSA) is 106 Å². The molecule has 0 saturated heterocycles. The maximum Gasteiger partial charge on any atom is 0.296 e. The zero-order chi connectivity index (χ0) is 27.5. The number of benzene rings is 2. The maximum absolute atomic E-state index is 13.4. The van der Waals surface area contributed by atoms with Crippen LogP contribution in [-0.2, 0) is 10.5 Å². The van der Waals surface area contributed by atoms with Gasteiger partial charge in [-0.25, -0.2) is 0 Å². The van der Waals surface area contributed by atoms with Crippen LogP contribution in [0, 0.1) is 0 Å². The van der Waals surface area contributed by atoms with E-state index < -0.39 is 23.5 Å². The Morgan fingerprint density at radius 2 is 2.00 bits per heavy atom. The van der Waals surface area contributed by atoms with Crippen LogP contribution in [0.25, 0.3) is 0 Å². The van der Waals surface area contributed by atoms with E-state index in [4.69, 9.17) is 32.4 Å². The molecule has 1 aliphatic heterocycles. The van der Waals surface area contributed by atoms with Gasteiger partial charge in [-0.15, -0.1) is 10.2 Å². The highest BCUT2D eigenvalue weighted by Gasteiger charge is 2.46. The van der Waals surface area contributed by atoms with E-state index in [0.29, 0.717) is 38.1 Å². The summed E-state index contributed by atoms with van der Waals surface area (Å²) in [5, 5.41) is 20.6. The quantitative estimate of drug-likeness (QED) is 0.0892. The van der Waals surface area contributed by atoms with Crippen molar-refractivity contribution in [1.29, 1.82) is 0 Å². The van der Waals surface area contributed by atoms with Gasteiger partial charge in [-0.1, -0.05) is 77.2 Å². The Kier molecular flexibility index (Phi) is 8.08. The van der Waals surface area contributed by atoms with E-state index in [9.17, 15) is 14.7 Å². The second-order valence-electron chi connectivity index (χ2n) is 8.19. The van der Waals surface area contributed by atoms with E-state index in [1.165, 1.54) is 29.0 Å². The number of hydrogen-bond acceptors (Lipinski definition) is 9. The fourth-order valence-electron chi connectivity index (χ4n) is 3.93. The number of anilines is 1. The van der Waals surface area contributed by atoms with Gasteiger partial charge in [0.2, 0.25) is 10.9 Å². The Balaban J connectivity index is 1.47. The molecule has 1 atom stereocenters. The van der Waals surface area contributed by atoms with Crippen LogP contribution in [0.2, 0.25) is 10.0 Å². The summed E-state index contributed by atoms with van der Waals surface area (Å²) >= 11 is 14.8. The van der Waals surface area contributed by atoms with Crippen LogP contribution in [0.15, 0.2) is 93.6 Å². The number of nitrogens with zero attached hydrogens (tertiary/aromatic N) is 3. The van der Waals surface area contributed by atoms with Gasteiger partial charge in [0.05, 0.1) is 17.9 Å². The molecule has 3 heterocycles. The molecule has 8 nitrogen and oxygen atoms in total. The molecule has 12 heteroatoms. The lowest BCUT2D eigenvalue weighted by Crippen LogP contribution is -2.31. The number of amides is 1. The molecule has 1 aliphatic rings. The first-order valence-corrected chi connectivity index (χ1v) is 14.0. The Morgan fingerprint density at radius 3 is 2.69 bits per heavy atom. The maximum atomic E-state index is 13.4. The van der Waals surface area contributed by atoms with Crippen molar-refractivity contribution in [2.24, 2.45) is 0 Å². The third-order valence-electron chi connectivity index (χ3n) is 5.73. The molecule has 198 valence electrons. The first-order valence-electron chi connectivity index (χ1n) is 11.5. The molecule has 2 aromatic carbocycles. The van der Waals surface area contributed by atoms with Crippen LogP contribution in [0.3, 0.4) is 0 Å². The molecule has 2 aromatic heterocycles. The predicted octanol–water partition coefficient (Wildman–Crippen LogP) is 7.08. The first kappa shape index (κ1) is 27.0. The third-order valence-corrected chi connectivity index (χ3v) is 8.42. The van der Waals surface area contributed by atoms with E-state index in [0.717, 1.165) is 16.9 Å². The van der Waals surface area contributed by atoms with Gasteiger partial charge in [0.1, 0.15) is 12.4 Å². The predicted molar refractivity (Wildman–Crippen MR) is 151 cm³/mol. The van der Waals surface area contributed by atoms with Crippen LogP contribution < -0.4 is 9.64 Å². The molecule has 0 radical (unpaired) electrons. The summed E-state index contributed by atoms with van der Waals surface area (Å²) in [4.78, 5) is 28.0. The van der Waals surface area contributed by atoms with E-state index in [-0.39, 0.29) is 16.5 Å². The van der Waals surface area contributed by atoms with Crippen LogP contribution in [-0.4, -0.2) is 33.6 Å². The van der Waals surface area contributed by atoms with Crippen molar-refractivity contribution >= 4 is 63.1 Å². The third kappa shape index (κ3) is 5.60. The Labute approximate surface area is 241 Å². The molecule has 0 bridgehead atoms. The summed E-state index contributed by atoms with van der Waals surface area (Å²) in [6, 6.07) is 14.2. The minimum atomic E-state index is -0.972. The Bertz CT molecular complexity index is 1570. The molecule has 0 fully saturated rings. The monoisotopic (exact) mass is 599 g/mol. The number of rotatable bonds is 10. The van der Waals surface area contributed by atoms with E-state index >= 15 is 0 Å². The minimum Gasteiger partial charge on any atom is -0.503 e. The number of furan rings is 1. The van der Waals surface area contributed by atoms with Gasteiger partial charge in [0, 0.05) is 15.8 Å². The lowest BCUT2D eigenvalue weighted by atomic mass is 9.95. The van der Waals surface area contributed by atoms with Crippen molar-refractivity contribution < 1.29 is 23.8 Å². The number of aliphatic hydroxyl groups excluding tert-OH is 1. The van der Waals surface area contributed by atoms with Gasteiger partial charge < -0.3 is 14.3 Å². The molecule has 5 rings (SSSR count). The molecule has 4 aromatic rings. The van der Waals surface area contributed by atoms with Crippen molar-refractivity contribution in [1.82, 2.24) is 10.2 Å². The van der Waals surface area contributed by atoms with E-state index in [2.05, 4.69) is 16.8 Å². The summed E-state index contributed by atoms with van der Waals surface area (Å²) in [5.74, 6) is -0.976. The number of carbonyl (C=O) groups excluding carboxylic acids is 2. The summed E-state index contributed by atoms with van der Waals surface area (Å²) in [6.07, 6.45) is 2.97. The molecule has 0 aliphatic carbocycles. The van der Waals surface area contributed by atoms with Crippen molar-refractivity contribution in [3.05, 3.63) is 112 Å². The summed E-state index contributed by atoms with van der Waals surface area (Å²) in [7, 11) is 0. The van der Waals surface area contributed by atoms with Gasteiger partial charge in [-0.05, 0) is 47.5 Å². The lowest BCUT2D eigenvalue weighted by molar-refractivity contribution is -0.117. The molecule has 0 saturated carbocycles. The first-order chi connectivity index (χ1) is 18.9. The molecule has 1 N–H and O–H groups in total. The van der Waals surface area contributed by atoms with Crippen molar-refractivity contribution in [3.8, 4) is 5.75 Å². The number of aliphatic hydroxyl groups is 1. The molecule has 1 amide bonds. The Morgan fingerprint density at radius 1 is 1.21 bits per heavy atom. The molecular weight excluding hydrogens is 581 g/mol. The average molecular weight is 601 g/mol. The van der Waals surface area contributed by atoms with Crippen LogP contribution in [0.5, 0.6) is 5.75 Å². The molecule has 39 heavy (non-hydrogen) atoms. The highest BCUT2D eigenvalue weighted by Crippen LogP contribution is 2.44. The number of aromatic nitrogens is 2. The standard InChI is InChI=1S/C27H19Cl2N3O5S2/c1-2-11-36-18-9-6-15(7-10-18)22-21(23(33)20-4-3-12-37-20)24(34)25(35)32(22)26-30-31-27(39-26)38-14-16-5-8-17(28)13-19(16)29/h2-10,12-13,22,34H,1,11,14H2. The van der Waals surface area contributed by atoms with Crippen LogP contribution in [0.1, 0.15) is 27.7 Å². The zero-order valence-corrected chi connectivity index (χ0v) is 23.2.